The van der Waals surface area contributed by atoms with Gasteiger partial charge in [0.1, 0.15) is 0 Å². The first-order valence-corrected chi connectivity index (χ1v) is 6.96. The zero-order chi connectivity index (χ0) is 15.6. The summed E-state index contributed by atoms with van der Waals surface area (Å²) in [5.41, 5.74) is -1.29. The van der Waals surface area contributed by atoms with Crippen LogP contribution in [-0.4, -0.2) is 20.9 Å². The number of alkyl halides is 3. The Balaban J connectivity index is 3.05. The summed E-state index contributed by atoms with van der Waals surface area (Å²) in [5.74, 6) is -1.49. The molecule has 112 valence electrons. The predicted molar refractivity (Wildman–Crippen MR) is 61.3 cm³/mol. The van der Waals surface area contributed by atoms with Gasteiger partial charge in [-0.25, -0.2) is 13.1 Å². The van der Waals surface area contributed by atoms with E-state index in [1.54, 1.807) is 0 Å². The number of nitrogens with one attached hydrogen (secondary N) is 1. The Morgan fingerprint density at radius 1 is 1.35 bits per heavy atom. The van der Waals surface area contributed by atoms with Gasteiger partial charge in [0.2, 0.25) is 10.0 Å². The van der Waals surface area contributed by atoms with E-state index in [2.05, 4.69) is 0 Å². The van der Waals surface area contributed by atoms with Crippen molar-refractivity contribution in [2.75, 3.05) is 6.54 Å². The number of carbonyl (C=O) groups excluding carboxylic acids is 1. The molecule has 1 aromatic carbocycles. The Labute approximate surface area is 117 Å². The van der Waals surface area contributed by atoms with Gasteiger partial charge in [0.15, 0.2) is 0 Å². The fourth-order valence-corrected chi connectivity index (χ4v) is 2.54. The van der Waals surface area contributed by atoms with Crippen LogP contribution in [-0.2, 0) is 21.0 Å². The first kappa shape index (κ1) is 16.7. The van der Waals surface area contributed by atoms with E-state index >= 15 is 0 Å². The number of benzene rings is 1. The van der Waals surface area contributed by atoms with Crippen LogP contribution in [0.4, 0.5) is 13.2 Å². The number of hydrogen-bond donors (Lipinski definition) is 1. The van der Waals surface area contributed by atoms with Crippen molar-refractivity contribution in [1.29, 1.82) is 0 Å². The minimum absolute atomic E-state index is 0.379. The molecule has 0 amide bonds. The first-order valence-electron chi connectivity index (χ1n) is 5.10. The molecule has 0 heterocycles. The van der Waals surface area contributed by atoms with Crippen LogP contribution in [0.15, 0.2) is 23.1 Å². The normalized spacial score (nSPS) is 12.4. The zero-order valence-corrected chi connectivity index (χ0v) is 11.3. The summed E-state index contributed by atoms with van der Waals surface area (Å²) in [5, 5.41) is 9.51. The van der Waals surface area contributed by atoms with Crippen molar-refractivity contribution in [2.45, 2.75) is 17.5 Å². The average molecular weight is 331 g/mol. The number of carbonyl (C=O) groups is 1. The molecule has 0 aliphatic heterocycles. The molecule has 1 aromatic rings. The van der Waals surface area contributed by atoms with Gasteiger partial charge in [-0.05, 0) is 18.2 Å². The number of rotatable bonds is 5. The third-order valence-electron chi connectivity index (χ3n) is 2.17. The highest BCUT2D eigenvalue weighted by Crippen LogP contribution is 2.35. The summed E-state index contributed by atoms with van der Waals surface area (Å²) in [7, 11) is -4.26. The number of aliphatic carboxylic acids is 1. The van der Waals surface area contributed by atoms with Crippen molar-refractivity contribution >= 4 is 27.6 Å². The molecule has 0 saturated carbocycles. The van der Waals surface area contributed by atoms with E-state index in [1.165, 1.54) is 0 Å². The van der Waals surface area contributed by atoms with Crippen LogP contribution in [0, 0.1) is 0 Å². The molecule has 1 N–H and O–H groups in total. The lowest BCUT2D eigenvalue weighted by Gasteiger charge is -2.12. The van der Waals surface area contributed by atoms with E-state index in [-0.39, 0.29) is 0 Å². The van der Waals surface area contributed by atoms with E-state index in [0.29, 0.717) is 6.07 Å². The molecule has 0 aromatic heterocycles. The van der Waals surface area contributed by atoms with Crippen LogP contribution >= 0.6 is 11.6 Å². The predicted octanol–water partition coefficient (Wildman–Crippen LogP) is 0.777. The van der Waals surface area contributed by atoms with Gasteiger partial charge in [0, 0.05) is 18.9 Å². The summed E-state index contributed by atoms with van der Waals surface area (Å²) in [6.45, 7) is -0.491. The van der Waals surface area contributed by atoms with Gasteiger partial charge < -0.3 is 9.90 Å². The van der Waals surface area contributed by atoms with Crippen LogP contribution in [0.1, 0.15) is 12.0 Å². The van der Waals surface area contributed by atoms with Crippen LogP contribution in [0.2, 0.25) is 5.02 Å². The Kier molecular flexibility index (Phi) is 5.00. The summed E-state index contributed by atoms with van der Waals surface area (Å²) < 4.78 is 63.0. The second-order valence-corrected chi connectivity index (χ2v) is 5.83. The molecule has 0 saturated heterocycles. The van der Waals surface area contributed by atoms with Crippen molar-refractivity contribution in [1.82, 2.24) is 4.72 Å². The second kappa shape index (κ2) is 5.98. The van der Waals surface area contributed by atoms with Crippen molar-refractivity contribution in [3.63, 3.8) is 0 Å². The molecule has 0 bridgehead atoms. The number of hydrogen-bond acceptors (Lipinski definition) is 4. The summed E-state index contributed by atoms with van der Waals surface area (Å²) in [6.07, 6.45) is -5.40. The molecule has 5 nitrogen and oxygen atoms in total. The van der Waals surface area contributed by atoms with E-state index in [0.717, 1.165) is 12.1 Å². The molecule has 20 heavy (non-hydrogen) atoms. The molecule has 10 heteroatoms. The summed E-state index contributed by atoms with van der Waals surface area (Å²) in [4.78, 5) is 9.48. The Bertz CT molecular complexity index is 615. The topological polar surface area (TPSA) is 86.3 Å². The lowest BCUT2D eigenvalue weighted by Crippen LogP contribution is -2.31. The monoisotopic (exact) mass is 330 g/mol. The SMILES string of the molecule is O=C([O-])CCNS(=O)(=O)c1ccc(Cl)c(C(F)(F)F)c1. The lowest BCUT2D eigenvalue weighted by molar-refractivity contribution is -0.305. The van der Waals surface area contributed by atoms with Crippen molar-refractivity contribution in [3.8, 4) is 0 Å². The number of sulfonamides is 1. The third kappa shape index (κ3) is 4.36. The first-order chi connectivity index (χ1) is 9.04. The number of carboxylic acids is 1. The number of halogens is 4. The van der Waals surface area contributed by atoms with E-state index in [1.807, 2.05) is 4.72 Å². The van der Waals surface area contributed by atoms with Crippen LogP contribution < -0.4 is 9.83 Å². The van der Waals surface area contributed by atoms with Gasteiger partial charge >= 0.3 is 6.18 Å². The fourth-order valence-electron chi connectivity index (χ4n) is 1.26. The van der Waals surface area contributed by atoms with Gasteiger partial charge in [-0.2, -0.15) is 13.2 Å². The van der Waals surface area contributed by atoms with Crippen LogP contribution in [0.5, 0.6) is 0 Å². The average Bonchev–Trinajstić information content (AvgIpc) is 2.26. The minimum atomic E-state index is -4.80. The molecule has 0 aliphatic rings. The molecule has 0 atom stereocenters. The van der Waals surface area contributed by atoms with Crippen molar-refractivity contribution < 1.29 is 31.5 Å². The fraction of sp³-hybridized carbons (Fsp3) is 0.300. The zero-order valence-electron chi connectivity index (χ0n) is 9.70. The van der Waals surface area contributed by atoms with E-state index in [4.69, 9.17) is 11.6 Å². The standard InChI is InChI=1S/C10H9ClF3NO4S/c11-8-2-1-6(5-7(8)10(12,13)14)20(18,19)15-4-3-9(16)17/h1-2,5,15H,3-4H2,(H,16,17)/p-1. The molecule has 0 unspecified atom stereocenters. The van der Waals surface area contributed by atoms with Gasteiger partial charge in [-0.15, -0.1) is 0 Å². The van der Waals surface area contributed by atoms with Gasteiger partial charge in [0.25, 0.3) is 0 Å². The van der Waals surface area contributed by atoms with Gasteiger partial charge in [-0.3, -0.25) is 0 Å². The third-order valence-corrected chi connectivity index (χ3v) is 3.96. The molecule has 0 radical (unpaired) electrons. The van der Waals surface area contributed by atoms with E-state index < -0.39 is 50.6 Å². The highest BCUT2D eigenvalue weighted by Gasteiger charge is 2.34. The smallest absolute Gasteiger partial charge is 0.417 e. The second-order valence-electron chi connectivity index (χ2n) is 3.66. The maximum absolute atomic E-state index is 12.6. The largest absolute Gasteiger partial charge is 0.550 e. The van der Waals surface area contributed by atoms with Crippen LogP contribution in [0.3, 0.4) is 0 Å². The maximum atomic E-state index is 12.6. The summed E-state index contributed by atoms with van der Waals surface area (Å²) >= 11 is 5.36. The molecule has 0 aliphatic carbocycles. The Morgan fingerprint density at radius 2 is 1.95 bits per heavy atom. The van der Waals surface area contributed by atoms with Crippen molar-refractivity contribution in [2.24, 2.45) is 0 Å². The minimum Gasteiger partial charge on any atom is -0.550 e. The van der Waals surface area contributed by atoms with Crippen LogP contribution in [0.25, 0.3) is 0 Å². The number of carboxylic acid groups (broad SMARTS) is 1. The van der Waals surface area contributed by atoms with Gasteiger partial charge in [0.05, 0.1) is 15.5 Å². The maximum Gasteiger partial charge on any atom is 0.417 e. The van der Waals surface area contributed by atoms with Gasteiger partial charge in [-0.1, -0.05) is 11.6 Å². The quantitative estimate of drug-likeness (QED) is 0.864. The lowest BCUT2D eigenvalue weighted by atomic mass is 10.2. The Hall–Kier alpha value is -1.32. The molecule has 1 rings (SSSR count). The summed E-state index contributed by atoms with van der Waals surface area (Å²) in [6, 6.07) is 2.07. The molecule has 0 fully saturated rings. The van der Waals surface area contributed by atoms with Crippen molar-refractivity contribution in [3.05, 3.63) is 28.8 Å². The molecule has 0 spiro atoms. The molecular weight excluding hydrogens is 323 g/mol. The Morgan fingerprint density at radius 3 is 2.45 bits per heavy atom. The highest BCUT2D eigenvalue weighted by atomic mass is 35.5. The highest BCUT2D eigenvalue weighted by molar-refractivity contribution is 7.89. The van der Waals surface area contributed by atoms with E-state index in [9.17, 15) is 31.5 Å². The molecular formula is C10H8ClF3NO4S-.